The molecule has 0 spiro atoms. The first-order valence-corrected chi connectivity index (χ1v) is 4.59. The van der Waals surface area contributed by atoms with Crippen molar-refractivity contribution >= 4 is 12.6 Å². The van der Waals surface area contributed by atoms with Crippen molar-refractivity contribution in [3.05, 3.63) is 29.3 Å². The molecule has 0 radical (unpaired) electrons. The van der Waals surface area contributed by atoms with Gasteiger partial charge in [0.25, 0.3) is 0 Å². The minimum Gasteiger partial charge on any atom is -0.227 e. The summed E-state index contributed by atoms with van der Waals surface area (Å²) in [5, 5.41) is 0. The fraction of sp³-hybridized carbons (Fsp3) is 0.300. The van der Waals surface area contributed by atoms with Gasteiger partial charge in [-0.05, 0) is 18.6 Å². The lowest BCUT2D eigenvalue weighted by Crippen LogP contribution is -1.88. The Labute approximate surface area is 82.8 Å². The van der Waals surface area contributed by atoms with Crippen molar-refractivity contribution < 1.29 is 4.39 Å². The molecule has 0 fully saturated rings. The van der Waals surface area contributed by atoms with Gasteiger partial charge in [-0.2, -0.15) is 17.0 Å². The maximum Gasteiger partial charge on any atom is 0.213 e. The molecule has 1 rings (SSSR count). The van der Waals surface area contributed by atoms with Crippen LogP contribution in [-0.4, -0.2) is 10.7 Å². The number of pyridine rings is 1. The minimum absolute atomic E-state index is 0.461. The largest absolute Gasteiger partial charge is 0.227 e. The molecule has 0 atom stereocenters. The van der Waals surface area contributed by atoms with Crippen LogP contribution in [0.4, 0.5) is 4.39 Å². The number of thiol groups is 1. The number of rotatable bonds is 1. The monoisotopic (exact) mass is 195 g/mol. The molecule has 0 amide bonds. The third-order valence-electron chi connectivity index (χ3n) is 1.54. The van der Waals surface area contributed by atoms with E-state index >= 15 is 0 Å². The van der Waals surface area contributed by atoms with Crippen molar-refractivity contribution in [3.63, 3.8) is 0 Å². The van der Waals surface area contributed by atoms with Gasteiger partial charge in [0.05, 0.1) is 0 Å². The highest BCUT2D eigenvalue weighted by molar-refractivity contribution is 7.80. The molecule has 0 N–H and O–H groups in total. The smallest absolute Gasteiger partial charge is 0.213 e. The Kier molecular flexibility index (Phi) is 3.78. The third kappa shape index (κ3) is 3.08. The van der Waals surface area contributed by atoms with E-state index in [1.807, 2.05) is 6.92 Å². The van der Waals surface area contributed by atoms with E-state index in [1.54, 1.807) is 0 Å². The molecule has 0 aliphatic rings. The second kappa shape index (κ2) is 4.88. The molecule has 0 bridgehead atoms. The lowest BCUT2D eigenvalue weighted by molar-refractivity contribution is 0.582. The first-order valence-electron chi connectivity index (χ1n) is 3.96. The van der Waals surface area contributed by atoms with Crippen molar-refractivity contribution in [2.75, 3.05) is 5.75 Å². The average Bonchev–Trinajstić information content (AvgIpc) is 2.09. The summed E-state index contributed by atoms with van der Waals surface area (Å²) < 4.78 is 12.6. The van der Waals surface area contributed by atoms with Crippen LogP contribution in [0.25, 0.3) is 0 Å². The summed E-state index contributed by atoms with van der Waals surface area (Å²) in [6.45, 7) is 1.81. The molecule has 0 aromatic carbocycles. The number of nitrogens with zero attached hydrogens (tertiary/aromatic N) is 1. The second-order valence-corrected chi connectivity index (χ2v) is 3.04. The number of aromatic nitrogens is 1. The zero-order valence-corrected chi connectivity index (χ0v) is 8.24. The van der Waals surface area contributed by atoms with Crippen LogP contribution in [0.2, 0.25) is 0 Å². The summed E-state index contributed by atoms with van der Waals surface area (Å²) >= 11 is 4.03. The normalized spacial score (nSPS) is 9.15. The molecule has 0 saturated carbocycles. The second-order valence-electron chi connectivity index (χ2n) is 2.60. The van der Waals surface area contributed by atoms with Crippen LogP contribution in [0.1, 0.15) is 17.5 Å². The molecular weight excluding hydrogens is 185 g/mol. The lowest BCUT2D eigenvalue weighted by Gasteiger charge is -1.95. The maximum absolute atomic E-state index is 12.6. The van der Waals surface area contributed by atoms with Gasteiger partial charge in [0, 0.05) is 23.9 Å². The van der Waals surface area contributed by atoms with Gasteiger partial charge in [-0.3, -0.25) is 0 Å². The average molecular weight is 195 g/mol. The Balaban J connectivity index is 2.85. The topological polar surface area (TPSA) is 12.9 Å². The van der Waals surface area contributed by atoms with Crippen LogP contribution in [-0.2, 0) is 0 Å². The lowest BCUT2D eigenvalue weighted by atomic mass is 10.1. The molecule has 1 aromatic heterocycles. The molecule has 1 nitrogen and oxygen atoms in total. The Morgan fingerprint density at radius 1 is 1.62 bits per heavy atom. The molecule has 3 heteroatoms. The summed E-state index contributed by atoms with van der Waals surface area (Å²) in [5.41, 5.74) is 1.60. The van der Waals surface area contributed by atoms with Crippen molar-refractivity contribution in [1.82, 2.24) is 4.98 Å². The van der Waals surface area contributed by atoms with Crippen LogP contribution < -0.4 is 0 Å². The van der Waals surface area contributed by atoms with Crippen LogP contribution in [0.3, 0.4) is 0 Å². The van der Waals surface area contributed by atoms with E-state index in [0.29, 0.717) is 0 Å². The quantitative estimate of drug-likeness (QED) is 0.412. The van der Waals surface area contributed by atoms with E-state index in [2.05, 4.69) is 29.5 Å². The summed E-state index contributed by atoms with van der Waals surface area (Å²) in [7, 11) is 0. The Hall–Kier alpha value is -1.01. The molecule has 0 aliphatic heterocycles. The molecule has 0 aliphatic carbocycles. The molecule has 0 unspecified atom stereocenters. The van der Waals surface area contributed by atoms with E-state index < -0.39 is 5.95 Å². The molecule has 1 heterocycles. The predicted molar refractivity (Wildman–Crippen MR) is 54.3 cm³/mol. The van der Waals surface area contributed by atoms with Crippen LogP contribution in [0.15, 0.2) is 12.3 Å². The molecule has 0 saturated heterocycles. The van der Waals surface area contributed by atoms with Gasteiger partial charge in [-0.25, -0.2) is 4.98 Å². The zero-order valence-electron chi connectivity index (χ0n) is 7.34. The summed E-state index contributed by atoms with van der Waals surface area (Å²) in [6, 6.07) is 1.38. The van der Waals surface area contributed by atoms with Gasteiger partial charge in [-0.1, -0.05) is 11.8 Å². The van der Waals surface area contributed by atoms with Gasteiger partial charge in [0.15, 0.2) is 0 Å². The highest BCUT2D eigenvalue weighted by Crippen LogP contribution is 2.05. The standard InChI is InChI=1S/C10H10FNS/c1-8-6-10(11)12-7-9(8)4-2-3-5-13/h6-7,13H,3,5H2,1H3. The summed E-state index contributed by atoms with van der Waals surface area (Å²) in [4.78, 5) is 3.53. The van der Waals surface area contributed by atoms with Gasteiger partial charge in [0.2, 0.25) is 5.95 Å². The Morgan fingerprint density at radius 2 is 2.38 bits per heavy atom. The van der Waals surface area contributed by atoms with Gasteiger partial charge in [0.1, 0.15) is 0 Å². The number of hydrogen-bond donors (Lipinski definition) is 1. The van der Waals surface area contributed by atoms with E-state index in [9.17, 15) is 4.39 Å². The highest BCUT2D eigenvalue weighted by Gasteiger charge is 1.96. The van der Waals surface area contributed by atoms with Crippen LogP contribution in [0.5, 0.6) is 0 Å². The first kappa shape index (κ1) is 10.1. The van der Waals surface area contributed by atoms with E-state index in [0.717, 1.165) is 23.3 Å². The van der Waals surface area contributed by atoms with Crippen LogP contribution in [0, 0.1) is 24.7 Å². The third-order valence-corrected chi connectivity index (χ3v) is 1.76. The zero-order chi connectivity index (χ0) is 9.68. The molecule has 13 heavy (non-hydrogen) atoms. The van der Waals surface area contributed by atoms with Gasteiger partial charge >= 0.3 is 0 Å². The van der Waals surface area contributed by atoms with E-state index in [-0.39, 0.29) is 0 Å². The van der Waals surface area contributed by atoms with Gasteiger partial charge in [-0.15, -0.1) is 0 Å². The van der Waals surface area contributed by atoms with Crippen molar-refractivity contribution in [2.24, 2.45) is 0 Å². The fourth-order valence-corrected chi connectivity index (χ4v) is 0.978. The summed E-state index contributed by atoms with van der Waals surface area (Å²) in [6.07, 6.45) is 2.19. The van der Waals surface area contributed by atoms with Crippen LogP contribution >= 0.6 is 12.6 Å². The Morgan fingerprint density at radius 3 is 3.00 bits per heavy atom. The predicted octanol–water partition coefficient (Wildman–Crippen LogP) is 2.20. The maximum atomic E-state index is 12.6. The number of hydrogen-bond acceptors (Lipinski definition) is 2. The SMILES string of the molecule is Cc1cc(F)ncc1C#CCCS. The van der Waals surface area contributed by atoms with Crippen molar-refractivity contribution in [1.29, 1.82) is 0 Å². The van der Waals surface area contributed by atoms with Gasteiger partial charge < -0.3 is 0 Å². The fourth-order valence-electron chi connectivity index (χ4n) is 0.866. The Bertz CT molecular complexity index is 352. The molecule has 1 aromatic rings. The molecule has 68 valence electrons. The van der Waals surface area contributed by atoms with E-state index in [1.165, 1.54) is 12.3 Å². The summed E-state index contributed by atoms with van der Waals surface area (Å²) in [5.74, 6) is 6.11. The highest BCUT2D eigenvalue weighted by atomic mass is 32.1. The molecular formula is C10H10FNS. The number of halogens is 1. The number of aryl methyl sites for hydroxylation is 1. The van der Waals surface area contributed by atoms with E-state index in [4.69, 9.17) is 0 Å². The minimum atomic E-state index is -0.461. The first-order chi connectivity index (χ1) is 6.24. The van der Waals surface area contributed by atoms with Crippen molar-refractivity contribution in [3.8, 4) is 11.8 Å². The van der Waals surface area contributed by atoms with Crippen molar-refractivity contribution in [2.45, 2.75) is 13.3 Å².